The third-order valence-corrected chi connectivity index (χ3v) is 4.99. The highest BCUT2D eigenvalue weighted by Gasteiger charge is 2.21. The lowest BCUT2D eigenvalue weighted by Crippen LogP contribution is -2.27. The number of pyridine rings is 2. The molecule has 0 aliphatic rings. The molecule has 4 aromatic heterocycles. The number of carbonyl (C=O) groups excluding carboxylic acids is 1. The molecule has 3 N–H and O–H groups in total. The standard InChI is InChI=1S/C23H21N7O/c1-23(2,3)22(31)25-14-10-13(11-24-12-14)15-8-9-18-19(26-15)20(30-29-18)21-27-16-6-4-5-7-17(16)28-21/h4-12H,1-3H3,(H,25,31)(H,27,28)(H,29,30). The van der Waals surface area contributed by atoms with Crippen molar-refractivity contribution in [1.29, 1.82) is 0 Å². The Morgan fingerprint density at radius 2 is 1.84 bits per heavy atom. The Kier molecular flexibility index (Phi) is 4.28. The van der Waals surface area contributed by atoms with Crippen LogP contribution in [0.3, 0.4) is 0 Å². The summed E-state index contributed by atoms with van der Waals surface area (Å²) >= 11 is 0. The lowest BCUT2D eigenvalue weighted by molar-refractivity contribution is -0.123. The van der Waals surface area contributed by atoms with Crippen LogP contribution < -0.4 is 5.32 Å². The minimum atomic E-state index is -0.495. The summed E-state index contributed by atoms with van der Waals surface area (Å²) in [6, 6.07) is 13.5. The van der Waals surface area contributed by atoms with Gasteiger partial charge in [-0.05, 0) is 30.3 Å². The number of benzene rings is 1. The Bertz CT molecular complexity index is 1390. The van der Waals surface area contributed by atoms with Crippen molar-refractivity contribution >= 4 is 33.7 Å². The van der Waals surface area contributed by atoms with Gasteiger partial charge in [0.2, 0.25) is 5.91 Å². The van der Waals surface area contributed by atoms with Crippen LogP contribution in [0, 0.1) is 5.41 Å². The maximum atomic E-state index is 12.3. The molecule has 0 radical (unpaired) electrons. The molecule has 0 unspecified atom stereocenters. The Hall–Kier alpha value is -4.07. The first-order chi connectivity index (χ1) is 14.9. The van der Waals surface area contributed by atoms with Gasteiger partial charge in [-0.25, -0.2) is 9.97 Å². The van der Waals surface area contributed by atoms with E-state index in [1.54, 1.807) is 12.4 Å². The number of anilines is 1. The van der Waals surface area contributed by atoms with Crippen LogP contribution in [0.25, 0.3) is 44.8 Å². The van der Waals surface area contributed by atoms with Gasteiger partial charge in [0.1, 0.15) is 5.52 Å². The third-order valence-electron chi connectivity index (χ3n) is 4.99. The number of para-hydroxylation sites is 2. The van der Waals surface area contributed by atoms with Gasteiger partial charge in [0.05, 0.1) is 34.1 Å². The third kappa shape index (κ3) is 3.52. The maximum Gasteiger partial charge on any atom is 0.229 e. The predicted octanol–water partition coefficient (Wildman–Crippen LogP) is 4.55. The van der Waals surface area contributed by atoms with E-state index < -0.39 is 5.41 Å². The van der Waals surface area contributed by atoms with Crippen molar-refractivity contribution in [3.8, 4) is 22.8 Å². The number of fused-ring (bicyclic) bond motifs is 2. The molecule has 8 nitrogen and oxygen atoms in total. The Morgan fingerprint density at radius 3 is 2.65 bits per heavy atom. The Labute approximate surface area is 178 Å². The second kappa shape index (κ2) is 7.02. The zero-order valence-electron chi connectivity index (χ0n) is 17.4. The van der Waals surface area contributed by atoms with E-state index in [-0.39, 0.29) is 5.91 Å². The van der Waals surface area contributed by atoms with Crippen LogP contribution in [0.15, 0.2) is 54.9 Å². The molecule has 8 heteroatoms. The molecule has 0 aliphatic carbocycles. The predicted molar refractivity (Wildman–Crippen MR) is 120 cm³/mol. The van der Waals surface area contributed by atoms with E-state index in [0.717, 1.165) is 27.8 Å². The minimum absolute atomic E-state index is 0.0723. The number of aromatic amines is 2. The summed E-state index contributed by atoms with van der Waals surface area (Å²) in [6.45, 7) is 5.61. The molecule has 31 heavy (non-hydrogen) atoms. The molecule has 1 amide bonds. The van der Waals surface area contributed by atoms with E-state index in [0.29, 0.717) is 22.7 Å². The van der Waals surface area contributed by atoms with Gasteiger partial charge in [-0.1, -0.05) is 32.9 Å². The Morgan fingerprint density at radius 1 is 1.00 bits per heavy atom. The van der Waals surface area contributed by atoms with Crippen molar-refractivity contribution in [2.45, 2.75) is 20.8 Å². The number of H-pyrrole nitrogens is 2. The molecule has 5 aromatic rings. The molecule has 154 valence electrons. The van der Waals surface area contributed by atoms with E-state index in [1.165, 1.54) is 0 Å². The first kappa shape index (κ1) is 18.9. The van der Waals surface area contributed by atoms with Gasteiger partial charge in [0.25, 0.3) is 0 Å². The molecule has 0 spiro atoms. The SMILES string of the molecule is CC(C)(C)C(=O)Nc1cncc(-c2ccc3[nH]nc(-c4nc5ccccc5[nH]4)c3n2)c1. The van der Waals surface area contributed by atoms with Gasteiger partial charge < -0.3 is 10.3 Å². The monoisotopic (exact) mass is 411 g/mol. The maximum absolute atomic E-state index is 12.3. The van der Waals surface area contributed by atoms with Crippen LogP contribution in [0.1, 0.15) is 20.8 Å². The average Bonchev–Trinajstić information content (AvgIpc) is 3.36. The summed E-state index contributed by atoms with van der Waals surface area (Å²) in [5.74, 6) is 0.582. The van der Waals surface area contributed by atoms with Gasteiger partial charge in [-0.15, -0.1) is 0 Å². The van der Waals surface area contributed by atoms with E-state index in [2.05, 4.69) is 30.5 Å². The lowest BCUT2D eigenvalue weighted by atomic mass is 9.95. The van der Waals surface area contributed by atoms with Gasteiger partial charge >= 0.3 is 0 Å². The second-order valence-electron chi connectivity index (χ2n) is 8.43. The summed E-state index contributed by atoms with van der Waals surface area (Å²) in [4.78, 5) is 29.4. The molecule has 0 fully saturated rings. The van der Waals surface area contributed by atoms with Gasteiger partial charge in [-0.3, -0.25) is 14.9 Å². The first-order valence-corrected chi connectivity index (χ1v) is 9.95. The molecule has 0 saturated carbocycles. The highest BCUT2D eigenvalue weighted by molar-refractivity contribution is 5.95. The highest BCUT2D eigenvalue weighted by Crippen LogP contribution is 2.28. The largest absolute Gasteiger partial charge is 0.337 e. The van der Waals surface area contributed by atoms with E-state index in [1.807, 2.05) is 63.2 Å². The van der Waals surface area contributed by atoms with Crippen LogP contribution in [0.4, 0.5) is 5.69 Å². The van der Waals surface area contributed by atoms with Crippen LogP contribution in [0.2, 0.25) is 0 Å². The van der Waals surface area contributed by atoms with Crippen molar-refractivity contribution in [2.24, 2.45) is 5.41 Å². The second-order valence-corrected chi connectivity index (χ2v) is 8.43. The molecule has 1 aromatic carbocycles. The zero-order chi connectivity index (χ0) is 21.6. The summed E-state index contributed by atoms with van der Waals surface area (Å²) in [5, 5.41) is 10.4. The molecular formula is C23H21N7O. The number of hydrogen-bond donors (Lipinski definition) is 3. The lowest BCUT2D eigenvalue weighted by Gasteiger charge is -2.17. The fraction of sp³-hybridized carbons (Fsp3) is 0.174. The number of aromatic nitrogens is 6. The average molecular weight is 411 g/mol. The number of hydrogen-bond acceptors (Lipinski definition) is 5. The van der Waals surface area contributed by atoms with Crippen LogP contribution in [-0.2, 0) is 4.79 Å². The number of nitrogens with zero attached hydrogens (tertiary/aromatic N) is 4. The van der Waals surface area contributed by atoms with Gasteiger partial charge in [-0.2, -0.15) is 5.10 Å². The smallest absolute Gasteiger partial charge is 0.229 e. The number of rotatable bonds is 3. The molecular weight excluding hydrogens is 390 g/mol. The van der Waals surface area contributed by atoms with Gasteiger partial charge in [0.15, 0.2) is 11.5 Å². The van der Waals surface area contributed by atoms with Crippen LogP contribution >= 0.6 is 0 Å². The number of amides is 1. The van der Waals surface area contributed by atoms with Crippen molar-refractivity contribution in [2.75, 3.05) is 5.32 Å². The van der Waals surface area contributed by atoms with E-state index >= 15 is 0 Å². The minimum Gasteiger partial charge on any atom is -0.337 e. The quantitative estimate of drug-likeness (QED) is 0.403. The fourth-order valence-electron chi connectivity index (χ4n) is 3.26. The zero-order valence-corrected chi connectivity index (χ0v) is 17.4. The van der Waals surface area contributed by atoms with E-state index in [4.69, 9.17) is 4.98 Å². The van der Waals surface area contributed by atoms with Crippen LogP contribution in [0.5, 0.6) is 0 Å². The number of carbonyl (C=O) groups is 1. The normalized spacial score (nSPS) is 11.8. The molecule has 0 atom stereocenters. The number of imidazole rings is 1. The van der Waals surface area contributed by atoms with Crippen LogP contribution in [-0.4, -0.2) is 36.0 Å². The van der Waals surface area contributed by atoms with Crippen molar-refractivity contribution in [3.63, 3.8) is 0 Å². The topological polar surface area (TPSA) is 112 Å². The summed E-state index contributed by atoms with van der Waals surface area (Å²) < 4.78 is 0. The Balaban J connectivity index is 1.54. The summed E-state index contributed by atoms with van der Waals surface area (Å²) in [6.07, 6.45) is 3.35. The summed E-state index contributed by atoms with van der Waals surface area (Å²) in [7, 11) is 0. The summed E-state index contributed by atoms with van der Waals surface area (Å²) in [5.41, 5.74) is 5.64. The van der Waals surface area contributed by atoms with Crippen molar-refractivity contribution < 1.29 is 4.79 Å². The fourth-order valence-corrected chi connectivity index (χ4v) is 3.26. The number of nitrogens with one attached hydrogen (secondary N) is 3. The first-order valence-electron chi connectivity index (χ1n) is 9.95. The van der Waals surface area contributed by atoms with E-state index in [9.17, 15) is 4.79 Å². The van der Waals surface area contributed by atoms with Crippen molar-refractivity contribution in [3.05, 3.63) is 54.9 Å². The highest BCUT2D eigenvalue weighted by atomic mass is 16.2. The molecule has 0 bridgehead atoms. The molecule has 4 heterocycles. The van der Waals surface area contributed by atoms with Crippen molar-refractivity contribution in [1.82, 2.24) is 30.1 Å². The molecule has 5 rings (SSSR count). The van der Waals surface area contributed by atoms with Gasteiger partial charge in [0, 0.05) is 17.2 Å². The molecule has 0 saturated heterocycles. The molecule has 0 aliphatic heterocycles.